The fourth-order valence-corrected chi connectivity index (χ4v) is 2.60. The van der Waals surface area contributed by atoms with Crippen LogP contribution in [0.4, 0.5) is 4.39 Å². The largest absolute Gasteiger partial charge is 0.496 e. The van der Waals surface area contributed by atoms with Crippen LogP contribution in [0.25, 0.3) is 0 Å². The van der Waals surface area contributed by atoms with Crippen molar-refractivity contribution >= 4 is 0 Å². The summed E-state index contributed by atoms with van der Waals surface area (Å²) in [5, 5.41) is 6.89. The highest BCUT2D eigenvalue weighted by atomic mass is 19.1. The number of benzene rings is 1. The van der Waals surface area contributed by atoms with E-state index in [1.807, 2.05) is 6.92 Å². The second kappa shape index (κ2) is 6.87. The maximum atomic E-state index is 13.3. The predicted molar refractivity (Wildman–Crippen MR) is 75.0 cm³/mol. The first-order valence-electron chi connectivity index (χ1n) is 6.98. The molecule has 2 unspecified atom stereocenters. The van der Waals surface area contributed by atoms with E-state index in [1.54, 1.807) is 19.2 Å². The number of rotatable bonds is 5. The third kappa shape index (κ3) is 3.91. The summed E-state index contributed by atoms with van der Waals surface area (Å²) in [5.74, 6) is 1.18. The van der Waals surface area contributed by atoms with Crippen molar-refractivity contribution in [3.63, 3.8) is 0 Å². The first-order valence-corrected chi connectivity index (χ1v) is 6.98. The lowest BCUT2D eigenvalue weighted by Gasteiger charge is -2.25. The van der Waals surface area contributed by atoms with Gasteiger partial charge in [0.15, 0.2) is 0 Å². The van der Waals surface area contributed by atoms with Gasteiger partial charge in [-0.2, -0.15) is 0 Å². The molecule has 0 aliphatic carbocycles. The molecule has 19 heavy (non-hydrogen) atoms. The number of halogens is 1. The number of methoxy groups -OCH3 is 1. The lowest BCUT2D eigenvalue weighted by molar-refractivity contribution is 0.344. The van der Waals surface area contributed by atoms with E-state index in [0.717, 1.165) is 30.9 Å². The maximum Gasteiger partial charge on any atom is 0.123 e. The van der Waals surface area contributed by atoms with E-state index in [4.69, 9.17) is 4.74 Å². The normalized spacial score (nSPS) is 21.1. The molecular formula is C15H23FN2O. The summed E-state index contributed by atoms with van der Waals surface area (Å²) in [6.45, 7) is 5.20. The van der Waals surface area contributed by atoms with Crippen molar-refractivity contribution in [3.8, 4) is 5.75 Å². The Labute approximate surface area is 114 Å². The molecule has 1 heterocycles. The van der Waals surface area contributed by atoms with Gasteiger partial charge in [-0.15, -0.1) is 0 Å². The van der Waals surface area contributed by atoms with Gasteiger partial charge in [0.05, 0.1) is 7.11 Å². The highest BCUT2D eigenvalue weighted by Gasteiger charge is 2.16. The third-order valence-corrected chi connectivity index (χ3v) is 3.77. The summed E-state index contributed by atoms with van der Waals surface area (Å²) in [7, 11) is 1.62. The number of piperidine rings is 1. The Hall–Kier alpha value is -1.13. The summed E-state index contributed by atoms with van der Waals surface area (Å²) < 4.78 is 18.6. The van der Waals surface area contributed by atoms with Crippen molar-refractivity contribution in [2.45, 2.75) is 25.8 Å². The zero-order valence-electron chi connectivity index (χ0n) is 11.7. The lowest BCUT2D eigenvalue weighted by atomic mass is 9.98. The molecule has 2 N–H and O–H groups in total. The maximum absolute atomic E-state index is 13.3. The van der Waals surface area contributed by atoms with Crippen LogP contribution in [0.2, 0.25) is 0 Å². The van der Waals surface area contributed by atoms with Crippen LogP contribution in [0.3, 0.4) is 0 Å². The van der Waals surface area contributed by atoms with Crippen LogP contribution >= 0.6 is 0 Å². The van der Waals surface area contributed by atoms with Gasteiger partial charge in [-0.3, -0.25) is 0 Å². The molecule has 0 bridgehead atoms. The Morgan fingerprint density at radius 2 is 2.37 bits per heavy atom. The minimum absolute atomic E-state index is 0.0903. The first-order chi connectivity index (χ1) is 9.20. The first kappa shape index (κ1) is 14.3. The SMILES string of the molecule is COc1ccc(F)cc1C(C)NCC1CCCNC1. The molecule has 3 nitrogen and oxygen atoms in total. The molecule has 2 atom stereocenters. The molecule has 0 radical (unpaired) electrons. The van der Waals surface area contributed by atoms with Crippen molar-refractivity contribution in [3.05, 3.63) is 29.6 Å². The van der Waals surface area contributed by atoms with Crippen LogP contribution < -0.4 is 15.4 Å². The van der Waals surface area contributed by atoms with Gasteiger partial charge < -0.3 is 15.4 Å². The Kier molecular flexibility index (Phi) is 5.16. The zero-order chi connectivity index (χ0) is 13.7. The van der Waals surface area contributed by atoms with Crippen molar-refractivity contribution in [2.75, 3.05) is 26.7 Å². The van der Waals surface area contributed by atoms with Gasteiger partial charge in [0, 0.05) is 11.6 Å². The van der Waals surface area contributed by atoms with Crippen molar-refractivity contribution in [1.29, 1.82) is 0 Å². The van der Waals surface area contributed by atoms with E-state index in [9.17, 15) is 4.39 Å². The molecule has 1 aromatic carbocycles. The average Bonchev–Trinajstić information content (AvgIpc) is 2.46. The van der Waals surface area contributed by atoms with E-state index < -0.39 is 0 Å². The minimum atomic E-state index is -0.219. The van der Waals surface area contributed by atoms with Gasteiger partial charge in [0.2, 0.25) is 0 Å². The molecule has 106 valence electrons. The molecule has 2 rings (SSSR count). The van der Waals surface area contributed by atoms with Gasteiger partial charge in [0.25, 0.3) is 0 Å². The van der Waals surface area contributed by atoms with E-state index in [2.05, 4.69) is 10.6 Å². The zero-order valence-corrected chi connectivity index (χ0v) is 11.7. The molecule has 1 aliphatic heterocycles. The topological polar surface area (TPSA) is 33.3 Å². The fourth-order valence-electron chi connectivity index (χ4n) is 2.60. The van der Waals surface area contributed by atoms with Gasteiger partial charge in [-0.05, 0) is 63.5 Å². The van der Waals surface area contributed by atoms with Crippen molar-refractivity contribution in [2.24, 2.45) is 5.92 Å². The Morgan fingerprint density at radius 3 is 3.05 bits per heavy atom. The summed E-state index contributed by atoms with van der Waals surface area (Å²) in [5.41, 5.74) is 0.881. The third-order valence-electron chi connectivity index (χ3n) is 3.77. The van der Waals surface area contributed by atoms with E-state index in [0.29, 0.717) is 5.92 Å². The van der Waals surface area contributed by atoms with E-state index in [-0.39, 0.29) is 11.9 Å². The smallest absolute Gasteiger partial charge is 0.123 e. The lowest BCUT2D eigenvalue weighted by Crippen LogP contribution is -2.36. The quantitative estimate of drug-likeness (QED) is 0.859. The molecule has 1 aromatic rings. The van der Waals surface area contributed by atoms with Crippen LogP contribution in [-0.4, -0.2) is 26.7 Å². The van der Waals surface area contributed by atoms with Crippen LogP contribution in [0.5, 0.6) is 5.75 Å². The van der Waals surface area contributed by atoms with E-state index in [1.165, 1.54) is 18.9 Å². The van der Waals surface area contributed by atoms with Crippen LogP contribution in [-0.2, 0) is 0 Å². The average molecular weight is 266 g/mol. The van der Waals surface area contributed by atoms with Gasteiger partial charge in [-0.1, -0.05) is 0 Å². The number of hydrogen-bond acceptors (Lipinski definition) is 3. The molecular weight excluding hydrogens is 243 g/mol. The van der Waals surface area contributed by atoms with E-state index >= 15 is 0 Å². The molecule has 0 saturated carbocycles. The monoisotopic (exact) mass is 266 g/mol. The number of hydrogen-bond donors (Lipinski definition) is 2. The summed E-state index contributed by atoms with van der Waals surface area (Å²) in [4.78, 5) is 0. The molecule has 0 spiro atoms. The molecule has 1 fully saturated rings. The fraction of sp³-hybridized carbons (Fsp3) is 0.600. The highest BCUT2D eigenvalue weighted by Crippen LogP contribution is 2.26. The number of ether oxygens (including phenoxy) is 1. The van der Waals surface area contributed by atoms with Crippen LogP contribution in [0.15, 0.2) is 18.2 Å². The Balaban J connectivity index is 1.94. The Bertz CT molecular complexity index is 405. The second-order valence-corrected chi connectivity index (χ2v) is 5.23. The minimum Gasteiger partial charge on any atom is -0.496 e. The second-order valence-electron chi connectivity index (χ2n) is 5.23. The van der Waals surface area contributed by atoms with Crippen molar-refractivity contribution < 1.29 is 9.13 Å². The molecule has 0 aromatic heterocycles. The standard InChI is InChI=1S/C15H23FN2O/c1-11(18-10-12-4-3-7-17-9-12)14-8-13(16)5-6-15(14)19-2/h5-6,8,11-12,17-18H,3-4,7,9-10H2,1-2H3. The summed E-state index contributed by atoms with van der Waals surface area (Å²) in [6, 6.07) is 4.76. The molecule has 4 heteroatoms. The van der Waals surface area contributed by atoms with Gasteiger partial charge in [-0.25, -0.2) is 4.39 Å². The number of nitrogens with one attached hydrogen (secondary N) is 2. The molecule has 1 saturated heterocycles. The van der Waals surface area contributed by atoms with Crippen LogP contribution in [0, 0.1) is 11.7 Å². The summed E-state index contributed by atoms with van der Waals surface area (Å²) >= 11 is 0. The van der Waals surface area contributed by atoms with Gasteiger partial charge >= 0.3 is 0 Å². The molecule has 1 aliphatic rings. The predicted octanol–water partition coefficient (Wildman–Crippen LogP) is 2.48. The molecule has 0 amide bonds. The highest BCUT2D eigenvalue weighted by molar-refractivity contribution is 5.36. The Morgan fingerprint density at radius 1 is 1.53 bits per heavy atom. The van der Waals surface area contributed by atoms with Crippen molar-refractivity contribution in [1.82, 2.24) is 10.6 Å². The van der Waals surface area contributed by atoms with Crippen LogP contribution in [0.1, 0.15) is 31.4 Å². The van der Waals surface area contributed by atoms with Gasteiger partial charge in [0.1, 0.15) is 11.6 Å². The summed E-state index contributed by atoms with van der Waals surface area (Å²) in [6.07, 6.45) is 2.50.